The lowest BCUT2D eigenvalue weighted by Crippen LogP contribution is -2.28. The van der Waals surface area contributed by atoms with Gasteiger partial charge in [-0.25, -0.2) is 0 Å². The number of carbonyl (C=O) groups is 1. The van der Waals surface area contributed by atoms with Gasteiger partial charge in [0.05, 0.1) is 0 Å². The van der Waals surface area contributed by atoms with E-state index in [4.69, 9.17) is 10.2 Å². The molecule has 128 valence electrons. The monoisotopic (exact) mass is 336 g/mol. The van der Waals surface area contributed by atoms with Gasteiger partial charge in [0.1, 0.15) is 6.04 Å². The van der Waals surface area contributed by atoms with Gasteiger partial charge in [0.25, 0.3) is 0 Å². The number of nitrogens with two attached hydrogens (primary N) is 1. The Hall–Kier alpha value is -2.99. The van der Waals surface area contributed by atoms with Crippen LogP contribution < -0.4 is 11.1 Å². The smallest absolute Gasteiger partial charge is 0.247 e. The average molecular weight is 336 g/mol. The summed E-state index contributed by atoms with van der Waals surface area (Å²) in [5.41, 5.74) is 8.58. The maximum absolute atomic E-state index is 11.6. The third-order valence-electron chi connectivity index (χ3n) is 3.84. The topological polar surface area (TPSA) is 94.0 Å². The first-order valence-electron chi connectivity index (χ1n) is 8.09. The van der Waals surface area contributed by atoms with Crippen LogP contribution in [0.5, 0.6) is 0 Å². The molecule has 1 atom stereocenters. The molecule has 6 nitrogen and oxygen atoms in total. The highest BCUT2D eigenvalue weighted by atomic mass is 16.4. The number of hydrogen-bond donors (Lipinski definition) is 2. The molecule has 0 aliphatic heterocycles. The zero-order valence-corrected chi connectivity index (χ0v) is 14.0. The van der Waals surface area contributed by atoms with Crippen molar-refractivity contribution in [2.24, 2.45) is 5.73 Å². The molecule has 6 heteroatoms. The molecule has 2 aromatic carbocycles. The van der Waals surface area contributed by atoms with E-state index in [0.717, 1.165) is 16.7 Å². The number of benzene rings is 2. The molecule has 3 N–H and O–H groups in total. The summed E-state index contributed by atoms with van der Waals surface area (Å²) in [7, 11) is 0. The van der Waals surface area contributed by atoms with Gasteiger partial charge in [-0.15, -0.1) is 10.2 Å². The molecule has 0 aliphatic rings. The largest absolute Gasteiger partial charge is 0.418 e. The molecule has 3 aromatic rings. The SMILES string of the molecule is CC(=O)NC(Cc1ccc(CN)cc1)c1nnc(-c2ccccc2)o1. The van der Waals surface area contributed by atoms with E-state index in [1.54, 1.807) is 0 Å². The summed E-state index contributed by atoms with van der Waals surface area (Å²) >= 11 is 0. The van der Waals surface area contributed by atoms with Crippen LogP contribution in [0, 0.1) is 0 Å². The zero-order chi connectivity index (χ0) is 17.6. The van der Waals surface area contributed by atoms with Crippen molar-refractivity contribution in [3.05, 3.63) is 71.6 Å². The Balaban J connectivity index is 1.83. The molecule has 1 heterocycles. The summed E-state index contributed by atoms with van der Waals surface area (Å²) in [6, 6.07) is 17.1. The highest BCUT2D eigenvalue weighted by Crippen LogP contribution is 2.23. The van der Waals surface area contributed by atoms with Crippen LogP contribution in [0.2, 0.25) is 0 Å². The first-order chi connectivity index (χ1) is 12.2. The molecule has 25 heavy (non-hydrogen) atoms. The zero-order valence-electron chi connectivity index (χ0n) is 14.0. The van der Waals surface area contributed by atoms with Gasteiger partial charge in [0.2, 0.25) is 17.7 Å². The summed E-state index contributed by atoms with van der Waals surface area (Å²) < 4.78 is 5.79. The maximum atomic E-state index is 11.6. The van der Waals surface area contributed by atoms with Crippen molar-refractivity contribution in [1.82, 2.24) is 15.5 Å². The van der Waals surface area contributed by atoms with Crippen LogP contribution in [-0.2, 0) is 17.8 Å². The highest BCUT2D eigenvalue weighted by Gasteiger charge is 2.21. The molecule has 0 radical (unpaired) electrons. The molecule has 0 saturated carbocycles. The lowest BCUT2D eigenvalue weighted by Gasteiger charge is -2.14. The Kier molecular flexibility index (Phi) is 5.20. The van der Waals surface area contributed by atoms with Gasteiger partial charge in [-0.3, -0.25) is 4.79 Å². The van der Waals surface area contributed by atoms with Crippen LogP contribution in [0.15, 0.2) is 59.0 Å². The minimum atomic E-state index is -0.383. The minimum absolute atomic E-state index is 0.150. The number of hydrogen-bond acceptors (Lipinski definition) is 5. The van der Waals surface area contributed by atoms with Crippen LogP contribution >= 0.6 is 0 Å². The third-order valence-corrected chi connectivity index (χ3v) is 3.84. The Morgan fingerprint density at radius 2 is 1.76 bits per heavy atom. The van der Waals surface area contributed by atoms with E-state index in [1.165, 1.54) is 6.92 Å². The maximum Gasteiger partial charge on any atom is 0.247 e. The molecule has 3 rings (SSSR count). The van der Waals surface area contributed by atoms with Gasteiger partial charge in [0, 0.05) is 25.5 Å². The van der Waals surface area contributed by atoms with Crippen molar-refractivity contribution in [3.63, 3.8) is 0 Å². The Labute approximate surface area is 146 Å². The number of aromatic nitrogens is 2. The lowest BCUT2D eigenvalue weighted by molar-refractivity contribution is -0.119. The molecule has 1 aromatic heterocycles. The summed E-state index contributed by atoms with van der Waals surface area (Å²) in [5.74, 6) is 0.671. The van der Waals surface area contributed by atoms with E-state index in [0.29, 0.717) is 24.7 Å². The normalized spacial score (nSPS) is 11.9. The van der Waals surface area contributed by atoms with Crippen LogP contribution in [-0.4, -0.2) is 16.1 Å². The molecular formula is C19H20N4O2. The van der Waals surface area contributed by atoms with Crippen molar-refractivity contribution < 1.29 is 9.21 Å². The third kappa shape index (κ3) is 4.30. The molecule has 0 aliphatic carbocycles. The predicted octanol–water partition coefficient (Wildman–Crippen LogP) is 2.62. The summed E-state index contributed by atoms with van der Waals surface area (Å²) in [6.07, 6.45) is 0.556. The molecule has 1 amide bonds. The standard InChI is InChI=1S/C19H20N4O2/c1-13(24)21-17(11-14-7-9-15(12-20)10-8-14)19-23-22-18(25-19)16-5-3-2-4-6-16/h2-10,17H,11-12,20H2,1H3,(H,21,24). The van der Waals surface area contributed by atoms with Crippen LogP contribution in [0.3, 0.4) is 0 Å². The number of rotatable bonds is 6. The Morgan fingerprint density at radius 1 is 1.08 bits per heavy atom. The van der Waals surface area contributed by atoms with Crippen molar-refractivity contribution in [2.75, 3.05) is 0 Å². The second-order valence-corrected chi connectivity index (χ2v) is 5.79. The quantitative estimate of drug-likeness (QED) is 0.721. The van der Waals surface area contributed by atoms with Crippen molar-refractivity contribution in [3.8, 4) is 11.5 Å². The fraction of sp³-hybridized carbons (Fsp3) is 0.211. The van der Waals surface area contributed by atoms with Gasteiger partial charge in [-0.05, 0) is 23.3 Å². The van der Waals surface area contributed by atoms with E-state index < -0.39 is 0 Å². The fourth-order valence-corrected chi connectivity index (χ4v) is 2.57. The minimum Gasteiger partial charge on any atom is -0.418 e. The molecule has 1 unspecified atom stereocenters. The van der Waals surface area contributed by atoms with Crippen LogP contribution in [0.1, 0.15) is 30.0 Å². The second-order valence-electron chi connectivity index (χ2n) is 5.79. The first kappa shape index (κ1) is 16.9. The Bertz CT molecular complexity index is 828. The van der Waals surface area contributed by atoms with Crippen LogP contribution in [0.4, 0.5) is 0 Å². The average Bonchev–Trinajstić information content (AvgIpc) is 3.12. The van der Waals surface area contributed by atoms with Gasteiger partial charge < -0.3 is 15.5 Å². The number of amides is 1. The molecule has 0 fully saturated rings. The molecule has 0 spiro atoms. The lowest BCUT2D eigenvalue weighted by atomic mass is 10.0. The summed E-state index contributed by atoms with van der Waals surface area (Å²) in [6.45, 7) is 1.97. The fourth-order valence-electron chi connectivity index (χ4n) is 2.57. The summed E-state index contributed by atoms with van der Waals surface area (Å²) in [4.78, 5) is 11.6. The van der Waals surface area contributed by atoms with E-state index in [1.807, 2.05) is 54.6 Å². The van der Waals surface area contributed by atoms with Gasteiger partial charge in [-0.1, -0.05) is 42.5 Å². The Morgan fingerprint density at radius 3 is 2.40 bits per heavy atom. The molecular weight excluding hydrogens is 316 g/mol. The van der Waals surface area contributed by atoms with E-state index in [9.17, 15) is 4.79 Å². The first-order valence-corrected chi connectivity index (χ1v) is 8.09. The van der Waals surface area contributed by atoms with E-state index in [2.05, 4.69) is 15.5 Å². The van der Waals surface area contributed by atoms with E-state index in [-0.39, 0.29) is 11.9 Å². The number of carbonyl (C=O) groups excluding carboxylic acids is 1. The second kappa shape index (κ2) is 7.72. The van der Waals surface area contributed by atoms with Crippen molar-refractivity contribution in [2.45, 2.75) is 25.9 Å². The molecule has 0 bridgehead atoms. The number of nitrogens with zero attached hydrogens (tertiary/aromatic N) is 2. The van der Waals surface area contributed by atoms with Crippen molar-refractivity contribution in [1.29, 1.82) is 0 Å². The molecule has 0 saturated heterocycles. The summed E-state index contributed by atoms with van der Waals surface area (Å²) in [5, 5.41) is 11.1. The van der Waals surface area contributed by atoms with Gasteiger partial charge in [-0.2, -0.15) is 0 Å². The highest BCUT2D eigenvalue weighted by molar-refractivity contribution is 5.73. The van der Waals surface area contributed by atoms with Crippen LogP contribution in [0.25, 0.3) is 11.5 Å². The predicted molar refractivity (Wildman–Crippen MR) is 94.3 cm³/mol. The van der Waals surface area contributed by atoms with E-state index >= 15 is 0 Å². The van der Waals surface area contributed by atoms with Gasteiger partial charge >= 0.3 is 0 Å². The van der Waals surface area contributed by atoms with Gasteiger partial charge in [0.15, 0.2) is 0 Å². The number of nitrogens with one attached hydrogen (secondary N) is 1. The van der Waals surface area contributed by atoms with Crippen molar-refractivity contribution >= 4 is 5.91 Å².